The van der Waals surface area contributed by atoms with Crippen LogP contribution >= 0.6 is 0 Å². The van der Waals surface area contributed by atoms with Gasteiger partial charge in [0.05, 0.1) is 21.3 Å². The Bertz CT molecular complexity index is 926. The third-order valence-corrected chi connectivity index (χ3v) is 5.67. The molecule has 3 rings (SSSR count). The Kier molecular flexibility index (Phi) is 7.45. The van der Waals surface area contributed by atoms with Crippen molar-refractivity contribution in [2.24, 2.45) is 0 Å². The summed E-state index contributed by atoms with van der Waals surface area (Å²) in [4.78, 5) is 29.5. The largest absolute Gasteiger partial charge is 0.493 e. The number of methoxy groups -OCH3 is 3. The molecule has 0 aromatic heterocycles. The summed E-state index contributed by atoms with van der Waals surface area (Å²) in [7, 11) is 8.48. The van der Waals surface area contributed by atoms with Crippen molar-refractivity contribution in [3.63, 3.8) is 0 Å². The number of amides is 2. The van der Waals surface area contributed by atoms with Gasteiger partial charge in [0.2, 0.25) is 5.75 Å². The normalized spacial score (nSPS) is 14.0. The van der Waals surface area contributed by atoms with E-state index in [1.165, 1.54) is 21.3 Å². The monoisotopic (exact) mass is 441 g/mol. The summed E-state index contributed by atoms with van der Waals surface area (Å²) in [6, 6.07) is 10.8. The molecule has 1 fully saturated rings. The van der Waals surface area contributed by atoms with Crippen LogP contribution < -0.4 is 24.4 Å². The minimum absolute atomic E-state index is 0.0123. The van der Waals surface area contributed by atoms with E-state index >= 15 is 0 Å². The van der Waals surface area contributed by atoms with Crippen molar-refractivity contribution in [2.45, 2.75) is 18.9 Å². The van der Waals surface area contributed by atoms with Crippen molar-refractivity contribution in [3.05, 3.63) is 47.5 Å². The van der Waals surface area contributed by atoms with E-state index in [0.29, 0.717) is 54.3 Å². The molecule has 2 aromatic rings. The van der Waals surface area contributed by atoms with E-state index in [1.54, 1.807) is 12.1 Å². The first kappa shape index (κ1) is 23.2. The molecule has 1 aliphatic heterocycles. The van der Waals surface area contributed by atoms with Crippen LogP contribution in [-0.4, -0.2) is 71.3 Å². The molecule has 1 N–H and O–H groups in total. The Balaban J connectivity index is 1.60. The van der Waals surface area contributed by atoms with Crippen molar-refractivity contribution in [1.29, 1.82) is 0 Å². The number of nitrogens with one attached hydrogen (secondary N) is 1. The lowest BCUT2D eigenvalue weighted by Crippen LogP contribution is -2.46. The third kappa shape index (κ3) is 5.07. The number of hydrogen-bond donors (Lipinski definition) is 1. The highest BCUT2D eigenvalue weighted by Crippen LogP contribution is 2.38. The van der Waals surface area contributed by atoms with Crippen LogP contribution in [0.4, 0.5) is 5.69 Å². The summed E-state index contributed by atoms with van der Waals surface area (Å²) in [5.41, 5.74) is 2.16. The molecule has 32 heavy (non-hydrogen) atoms. The van der Waals surface area contributed by atoms with Crippen LogP contribution in [0, 0.1) is 0 Å². The molecule has 0 aliphatic carbocycles. The maximum absolute atomic E-state index is 12.8. The molecule has 172 valence electrons. The minimum atomic E-state index is -0.215. The molecule has 2 amide bonds. The van der Waals surface area contributed by atoms with Crippen LogP contribution in [0.15, 0.2) is 36.4 Å². The standard InChI is InChI=1S/C24H31N3O5/c1-26(2)19-8-6-16(7-9-19)24(29)27-12-10-18(11-13-27)25-23(28)17-14-20(30-3)22(32-5)21(15-17)31-4/h6-9,14-15,18H,10-13H2,1-5H3,(H,25,28). The number of rotatable bonds is 7. The summed E-state index contributed by atoms with van der Waals surface area (Å²) < 4.78 is 16.0. The Morgan fingerprint density at radius 1 is 0.906 bits per heavy atom. The molecule has 1 saturated heterocycles. The number of benzene rings is 2. The first-order valence-corrected chi connectivity index (χ1v) is 10.6. The quantitative estimate of drug-likeness (QED) is 0.712. The minimum Gasteiger partial charge on any atom is -0.493 e. The zero-order chi connectivity index (χ0) is 23.3. The molecule has 0 bridgehead atoms. The molecule has 1 aliphatic rings. The number of nitrogens with zero attached hydrogens (tertiary/aromatic N) is 2. The second kappa shape index (κ2) is 10.3. The van der Waals surface area contributed by atoms with Crippen LogP contribution in [0.3, 0.4) is 0 Å². The van der Waals surface area contributed by atoms with Crippen LogP contribution in [0.1, 0.15) is 33.6 Å². The molecule has 8 heteroatoms. The van der Waals surface area contributed by atoms with Gasteiger partial charge in [-0.25, -0.2) is 0 Å². The summed E-state index contributed by atoms with van der Waals surface area (Å²) in [5, 5.41) is 3.06. The van der Waals surface area contributed by atoms with Crippen molar-refractivity contribution in [2.75, 3.05) is 53.4 Å². The zero-order valence-corrected chi connectivity index (χ0v) is 19.3. The van der Waals surface area contributed by atoms with E-state index in [-0.39, 0.29) is 17.9 Å². The van der Waals surface area contributed by atoms with Gasteiger partial charge < -0.3 is 29.3 Å². The van der Waals surface area contributed by atoms with E-state index in [4.69, 9.17) is 14.2 Å². The highest BCUT2D eigenvalue weighted by molar-refractivity contribution is 5.96. The summed E-state index contributed by atoms with van der Waals surface area (Å²) in [6.45, 7) is 1.18. The molecule has 1 heterocycles. The van der Waals surface area contributed by atoms with Crippen molar-refractivity contribution in [1.82, 2.24) is 10.2 Å². The number of hydrogen-bond acceptors (Lipinski definition) is 6. The second-order valence-electron chi connectivity index (χ2n) is 7.90. The Morgan fingerprint density at radius 2 is 1.47 bits per heavy atom. The van der Waals surface area contributed by atoms with Gasteiger partial charge in [-0.1, -0.05) is 0 Å². The van der Waals surface area contributed by atoms with Gasteiger partial charge >= 0.3 is 0 Å². The number of piperidine rings is 1. The first-order valence-electron chi connectivity index (χ1n) is 10.6. The molecular weight excluding hydrogens is 410 g/mol. The summed E-state index contributed by atoms with van der Waals surface area (Å²) in [5.74, 6) is 1.10. The van der Waals surface area contributed by atoms with Gasteiger partial charge in [0.15, 0.2) is 11.5 Å². The molecule has 8 nitrogen and oxygen atoms in total. The Labute approximate surface area is 189 Å². The van der Waals surface area contributed by atoms with E-state index in [1.807, 2.05) is 48.2 Å². The lowest BCUT2D eigenvalue weighted by Gasteiger charge is -2.32. The van der Waals surface area contributed by atoms with E-state index in [0.717, 1.165) is 5.69 Å². The maximum atomic E-state index is 12.8. The molecule has 0 spiro atoms. The molecule has 0 unspecified atom stereocenters. The summed E-state index contributed by atoms with van der Waals surface area (Å²) in [6.07, 6.45) is 1.38. The van der Waals surface area contributed by atoms with Crippen LogP contribution in [0.2, 0.25) is 0 Å². The lowest BCUT2D eigenvalue weighted by atomic mass is 10.0. The van der Waals surface area contributed by atoms with Gasteiger partial charge in [0.1, 0.15) is 0 Å². The maximum Gasteiger partial charge on any atom is 0.253 e. The van der Waals surface area contributed by atoms with Crippen LogP contribution in [0.25, 0.3) is 0 Å². The second-order valence-corrected chi connectivity index (χ2v) is 7.90. The van der Waals surface area contributed by atoms with Gasteiger partial charge in [-0.2, -0.15) is 0 Å². The highest BCUT2D eigenvalue weighted by atomic mass is 16.5. The topological polar surface area (TPSA) is 80.3 Å². The predicted molar refractivity (Wildman–Crippen MR) is 123 cm³/mol. The average Bonchev–Trinajstić information content (AvgIpc) is 2.83. The average molecular weight is 442 g/mol. The third-order valence-electron chi connectivity index (χ3n) is 5.67. The Morgan fingerprint density at radius 3 is 1.94 bits per heavy atom. The van der Waals surface area contributed by atoms with Gasteiger partial charge in [-0.3, -0.25) is 9.59 Å². The predicted octanol–water partition coefficient (Wildman–Crippen LogP) is 2.81. The molecule has 0 atom stereocenters. The van der Waals surface area contributed by atoms with E-state index in [2.05, 4.69) is 5.32 Å². The van der Waals surface area contributed by atoms with Crippen LogP contribution in [0.5, 0.6) is 17.2 Å². The van der Waals surface area contributed by atoms with Crippen molar-refractivity contribution in [3.8, 4) is 17.2 Å². The molecule has 2 aromatic carbocycles. The Hall–Kier alpha value is -3.42. The van der Waals surface area contributed by atoms with E-state index in [9.17, 15) is 9.59 Å². The number of carbonyl (C=O) groups is 2. The number of likely N-dealkylation sites (tertiary alicyclic amines) is 1. The lowest BCUT2D eigenvalue weighted by molar-refractivity contribution is 0.0698. The highest BCUT2D eigenvalue weighted by Gasteiger charge is 2.26. The van der Waals surface area contributed by atoms with Gasteiger partial charge in [-0.05, 0) is 49.2 Å². The van der Waals surface area contributed by atoms with Crippen LogP contribution in [-0.2, 0) is 0 Å². The van der Waals surface area contributed by atoms with Crippen molar-refractivity contribution >= 4 is 17.5 Å². The SMILES string of the molecule is COc1cc(C(=O)NC2CCN(C(=O)c3ccc(N(C)C)cc3)CC2)cc(OC)c1OC. The van der Waals surface area contributed by atoms with Crippen molar-refractivity contribution < 1.29 is 23.8 Å². The van der Waals surface area contributed by atoms with Gasteiger partial charge in [0.25, 0.3) is 11.8 Å². The number of carbonyl (C=O) groups excluding carboxylic acids is 2. The summed E-state index contributed by atoms with van der Waals surface area (Å²) >= 11 is 0. The van der Waals surface area contributed by atoms with E-state index < -0.39 is 0 Å². The van der Waals surface area contributed by atoms with Gasteiger partial charge in [-0.15, -0.1) is 0 Å². The molecular formula is C24H31N3O5. The fourth-order valence-electron chi connectivity index (χ4n) is 3.79. The number of ether oxygens (including phenoxy) is 3. The van der Waals surface area contributed by atoms with Gasteiger partial charge in [0, 0.05) is 50.0 Å². The zero-order valence-electron chi connectivity index (χ0n) is 19.3. The smallest absolute Gasteiger partial charge is 0.253 e. The fourth-order valence-corrected chi connectivity index (χ4v) is 3.79. The molecule has 0 radical (unpaired) electrons. The molecule has 0 saturated carbocycles. The first-order chi connectivity index (χ1) is 15.4. The fraction of sp³-hybridized carbons (Fsp3) is 0.417. The number of anilines is 1.